The highest BCUT2D eigenvalue weighted by Crippen LogP contribution is 2.44. The van der Waals surface area contributed by atoms with Gasteiger partial charge in [-0.25, -0.2) is 0 Å². The van der Waals surface area contributed by atoms with Gasteiger partial charge in [-0.2, -0.15) is 0 Å². The van der Waals surface area contributed by atoms with Gasteiger partial charge in [0.1, 0.15) is 0 Å². The number of ether oxygens (including phenoxy) is 1. The summed E-state index contributed by atoms with van der Waals surface area (Å²) in [7, 11) is 0. The first-order valence-corrected chi connectivity index (χ1v) is 9.27. The summed E-state index contributed by atoms with van der Waals surface area (Å²) in [6.45, 7) is 3.08. The van der Waals surface area contributed by atoms with E-state index >= 15 is 0 Å². The molecule has 4 rings (SSSR count). The molecule has 0 amide bonds. The van der Waals surface area contributed by atoms with Crippen LogP contribution in [0.1, 0.15) is 37.7 Å². The van der Waals surface area contributed by atoms with Crippen LogP contribution in [-0.4, -0.2) is 31.1 Å². The van der Waals surface area contributed by atoms with Gasteiger partial charge in [0.15, 0.2) is 0 Å². The van der Waals surface area contributed by atoms with E-state index in [1.54, 1.807) is 5.56 Å². The lowest BCUT2D eigenvalue weighted by Gasteiger charge is -2.39. The Balaban J connectivity index is 1.42. The zero-order valence-corrected chi connectivity index (χ0v) is 13.5. The molecule has 2 nitrogen and oxygen atoms in total. The van der Waals surface area contributed by atoms with Crippen LogP contribution in [-0.2, 0) is 11.2 Å². The van der Waals surface area contributed by atoms with Crippen molar-refractivity contribution in [3.05, 3.63) is 29.8 Å². The molecule has 1 saturated carbocycles. The van der Waals surface area contributed by atoms with Crippen LogP contribution in [0, 0.1) is 5.41 Å². The van der Waals surface area contributed by atoms with E-state index in [4.69, 9.17) is 4.74 Å². The van der Waals surface area contributed by atoms with Gasteiger partial charge in [0.2, 0.25) is 0 Å². The molecular weight excluding hydrogens is 278 g/mol. The van der Waals surface area contributed by atoms with Crippen LogP contribution in [0.4, 0.5) is 0 Å². The van der Waals surface area contributed by atoms with Crippen molar-refractivity contribution in [3.8, 4) is 0 Å². The molecular formula is C18H25NOS. The van der Waals surface area contributed by atoms with Gasteiger partial charge in [0, 0.05) is 34.8 Å². The minimum atomic E-state index is 0.376. The van der Waals surface area contributed by atoms with Gasteiger partial charge in [-0.15, -0.1) is 11.8 Å². The van der Waals surface area contributed by atoms with E-state index in [9.17, 15) is 0 Å². The van der Waals surface area contributed by atoms with Crippen LogP contribution < -0.4 is 5.32 Å². The number of hydrogen-bond acceptors (Lipinski definition) is 3. The molecule has 0 bridgehead atoms. The Morgan fingerprint density at radius 2 is 2.19 bits per heavy atom. The molecule has 1 aromatic carbocycles. The van der Waals surface area contributed by atoms with Gasteiger partial charge in [-0.1, -0.05) is 18.2 Å². The summed E-state index contributed by atoms with van der Waals surface area (Å²) in [6.07, 6.45) is 7.86. The summed E-state index contributed by atoms with van der Waals surface area (Å²) >= 11 is 2.09. The van der Waals surface area contributed by atoms with Gasteiger partial charge in [-0.05, 0) is 50.2 Å². The topological polar surface area (TPSA) is 21.3 Å². The van der Waals surface area contributed by atoms with Crippen LogP contribution in [0.25, 0.3) is 0 Å². The fourth-order valence-corrected chi connectivity index (χ4v) is 5.30. The molecule has 0 aromatic heterocycles. The van der Waals surface area contributed by atoms with E-state index < -0.39 is 0 Å². The first-order chi connectivity index (χ1) is 10.3. The van der Waals surface area contributed by atoms with Crippen LogP contribution in [0.15, 0.2) is 29.2 Å². The summed E-state index contributed by atoms with van der Waals surface area (Å²) in [4.78, 5) is 1.50. The van der Waals surface area contributed by atoms with Crippen LogP contribution in [0.5, 0.6) is 0 Å². The lowest BCUT2D eigenvalue weighted by molar-refractivity contribution is -0.0122. The zero-order chi connectivity index (χ0) is 14.1. The molecule has 3 aliphatic rings. The maximum absolute atomic E-state index is 5.88. The number of benzene rings is 1. The van der Waals surface area contributed by atoms with Crippen molar-refractivity contribution in [3.63, 3.8) is 0 Å². The summed E-state index contributed by atoms with van der Waals surface area (Å²) in [5, 5.41) is 4.51. The third-order valence-electron chi connectivity index (χ3n) is 5.12. The number of fused-ring (bicyclic) bond motifs is 1. The molecule has 2 heterocycles. The third-order valence-corrected chi connectivity index (χ3v) is 6.44. The fraction of sp³-hybridized carbons (Fsp3) is 0.667. The predicted molar refractivity (Wildman–Crippen MR) is 87.9 cm³/mol. The molecule has 1 N–H and O–H groups in total. The minimum absolute atomic E-state index is 0.376. The van der Waals surface area contributed by atoms with E-state index in [0.29, 0.717) is 5.41 Å². The predicted octanol–water partition coefficient (Wildman–Crippen LogP) is 3.64. The van der Waals surface area contributed by atoms with Gasteiger partial charge >= 0.3 is 0 Å². The van der Waals surface area contributed by atoms with E-state index in [0.717, 1.165) is 31.1 Å². The van der Waals surface area contributed by atoms with Crippen molar-refractivity contribution >= 4 is 11.8 Å². The highest BCUT2D eigenvalue weighted by molar-refractivity contribution is 8.00. The quantitative estimate of drug-likeness (QED) is 0.897. The first kappa shape index (κ1) is 14.1. The first-order valence-electron chi connectivity index (χ1n) is 8.39. The number of rotatable bonds is 5. The summed E-state index contributed by atoms with van der Waals surface area (Å²) in [5.74, 6) is 0. The van der Waals surface area contributed by atoms with Crippen LogP contribution in [0.3, 0.4) is 0 Å². The van der Waals surface area contributed by atoms with Crippen molar-refractivity contribution in [2.24, 2.45) is 5.41 Å². The standard InChI is InChI=1S/C18H25NOS/c1-2-5-17-14(4-1)10-16(21-17)11-18(8-3-9-20-13-18)12-19-15-6-7-15/h1-2,4-5,15-16,19H,3,6-13H2. The van der Waals surface area contributed by atoms with Crippen molar-refractivity contribution < 1.29 is 4.74 Å². The molecule has 2 atom stereocenters. The molecule has 2 aliphatic heterocycles. The second-order valence-electron chi connectivity index (χ2n) is 7.07. The fourth-order valence-electron chi connectivity index (χ4n) is 3.78. The average molecular weight is 303 g/mol. The maximum atomic E-state index is 5.88. The Labute approximate surface area is 132 Å². The largest absolute Gasteiger partial charge is 0.381 e. The second-order valence-corrected chi connectivity index (χ2v) is 8.41. The van der Waals surface area contributed by atoms with E-state index in [1.165, 1.54) is 43.4 Å². The molecule has 1 aromatic rings. The van der Waals surface area contributed by atoms with Crippen LogP contribution >= 0.6 is 11.8 Å². The molecule has 1 aliphatic carbocycles. The molecule has 21 heavy (non-hydrogen) atoms. The van der Waals surface area contributed by atoms with E-state index in [-0.39, 0.29) is 0 Å². The summed E-state index contributed by atoms with van der Waals surface area (Å²) in [6, 6.07) is 9.73. The Bertz CT molecular complexity index is 469. The van der Waals surface area contributed by atoms with Gasteiger partial charge in [0.25, 0.3) is 0 Å². The Kier molecular flexibility index (Phi) is 3.99. The SMILES string of the molecule is c1ccc2c(c1)CC(CC1(CNC3CC3)CCCOC1)S2. The maximum Gasteiger partial charge on any atom is 0.0535 e. The van der Waals surface area contributed by atoms with Gasteiger partial charge in [-0.3, -0.25) is 0 Å². The number of thioether (sulfide) groups is 1. The van der Waals surface area contributed by atoms with Gasteiger partial charge < -0.3 is 10.1 Å². The number of nitrogens with one attached hydrogen (secondary N) is 1. The van der Waals surface area contributed by atoms with Crippen LogP contribution in [0.2, 0.25) is 0 Å². The highest BCUT2D eigenvalue weighted by atomic mass is 32.2. The summed E-state index contributed by atoms with van der Waals surface area (Å²) in [5.41, 5.74) is 1.93. The Morgan fingerprint density at radius 3 is 2.95 bits per heavy atom. The van der Waals surface area contributed by atoms with E-state index in [1.807, 2.05) is 0 Å². The summed E-state index contributed by atoms with van der Waals surface area (Å²) < 4.78 is 5.88. The van der Waals surface area contributed by atoms with E-state index in [2.05, 4.69) is 41.3 Å². The smallest absolute Gasteiger partial charge is 0.0535 e. The lowest BCUT2D eigenvalue weighted by atomic mass is 9.77. The molecule has 0 radical (unpaired) electrons. The highest BCUT2D eigenvalue weighted by Gasteiger charge is 2.38. The molecule has 2 fully saturated rings. The van der Waals surface area contributed by atoms with Crippen molar-refractivity contribution in [1.29, 1.82) is 0 Å². The minimum Gasteiger partial charge on any atom is -0.381 e. The van der Waals surface area contributed by atoms with Crippen molar-refractivity contribution in [2.45, 2.75) is 54.7 Å². The number of hydrogen-bond donors (Lipinski definition) is 1. The zero-order valence-electron chi connectivity index (χ0n) is 12.6. The van der Waals surface area contributed by atoms with Gasteiger partial charge in [0.05, 0.1) is 6.61 Å². The normalized spacial score (nSPS) is 32.1. The molecule has 1 saturated heterocycles. The molecule has 114 valence electrons. The Hall–Kier alpha value is -0.510. The molecule has 2 unspecified atom stereocenters. The monoisotopic (exact) mass is 303 g/mol. The Morgan fingerprint density at radius 1 is 1.29 bits per heavy atom. The third kappa shape index (κ3) is 3.30. The van der Waals surface area contributed by atoms with Crippen molar-refractivity contribution in [2.75, 3.05) is 19.8 Å². The average Bonchev–Trinajstić information content (AvgIpc) is 3.25. The second kappa shape index (κ2) is 5.94. The lowest BCUT2D eigenvalue weighted by Crippen LogP contribution is -2.43. The molecule has 3 heteroatoms. The molecule has 0 spiro atoms. The van der Waals surface area contributed by atoms with Crippen molar-refractivity contribution in [1.82, 2.24) is 5.32 Å².